The molecule has 0 unspecified atom stereocenters. The van der Waals surface area contributed by atoms with E-state index >= 15 is 0 Å². The lowest BCUT2D eigenvalue weighted by Crippen LogP contribution is -2.09. The minimum atomic E-state index is -0.143. The first kappa shape index (κ1) is 13.8. The molecule has 0 amide bonds. The lowest BCUT2D eigenvalue weighted by atomic mass is 10.0. The number of aromatic nitrogens is 1. The molecule has 0 radical (unpaired) electrons. The van der Waals surface area contributed by atoms with E-state index in [4.69, 9.17) is 4.74 Å². The molecule has 2 nitrogen and oxygen atoms in total. The first-order valence-electron chi connectivity index (χ1n) is 6.70. The van der Waals surface area contributed by atoms with Crippen molar-refractivity contribution in [2.75, 3.05) is 0 Å². The number of pyridine rings is 1. The minimum absolute atomic E-state index is 0.143. The fourth-order valence-corrected chi connectivity index (χ4v) is 2.41. The molecule has 0 N–H and O–H groups in total. The van der Waals surface area contributed by atoms with Gasteiger partial charge in [0.2, 0.25) is 0 Å². The van der Waals surface area contributed by atoms with Crippen molar-refractivity contribution in [2.45, 2.75) is 6.10 Å². The molecule has 21 heavy (non-hydrogen) atoms. The van der Waals surface area contributed by atoms with Crippen LogP contribution in [0.5, 0.6) is 5.75 Å². The second-order valence-corrected chi connectivity index (χ2v) is 5.56. The summed E-state index contributed by atoms with van der Waals surface area (Å²) < 4.78 is 7.23. The van der Waals surface area contributed by atoms with Crippen molar-refractivity contribution in [1.82, 2.24) is 4.98 Å². The summed E-state index contributed by atoms with van der Waals surface area (Å²) in [7, 11) is 0. The van der Waals surface area contributed by atoms with Crippen LogP contribution in [0.3, 0.4) is 0 Å². The molecule has 0 spiro atoms. The van der Waals surface area contributed by atoms with Gasteiger partial charge in [-0.3, -0.25) is 4.98 Å². The Morgan fingerprint density at radius 1 is 0.762 bits per heavy atom. The standard InChI is InChI=1S/C18H14BrNO/c19-16-6-8-17(9-7-16)21-18(14-4-2-1-3-5-14)15-10-12-20-13-11-15/h1-13,18H/t18-/m0/s1. The molecule has 0 bridgehead atoms. The highest BCUT2D eigenvalue weighted by atomic mass is 79.9. The third kappa shape index (κ3) is 3.50. The summed E-state index contributed by atoms with van der Waals surface area (Å²) in [4.78, 5) is 4.08. The summed E-state index contributed by atoms with van der Waals surface area (Å²) >= 11 is 3.44. The second-order valence-electron chi connectivity index (χ2n) is 4.64. The Morgan fingerprint density at radius 3 is 2.05 bits per heavy atom. The SMILES string of the molecule is Brc1ccc(O[C@@H](c2ccccc2)c2ccncc2)cc1. The highest BCUT2D eigenvalue weighted by Gasteiger charge is 2.15. The smallest absolute Gasteiger partial charge is 0.149 e. The minimum Gasteiger partial charge on any atom is -0.481 e. The van der Waals surface area contributed by atoms with Gasteiger partial charge in [0, 0.05) is 16.9 Å². The molecule has 0 aliphatic heterocycles. The number of hydrogen-bond acceptors (Lipinski definition) is 2. The van der Waals surface area contributed by atoms with Gasteiger partial charge in [0.15, 0.2) is 0 Å². The van der Waals surface area contributed by atoms with Crippen molar-refractivity contribution in [2.24, 2.45) is 0 Å². The average Bonchev–Trinajstić information content (AvgIpc) is 2.56. The Kier molecular flexibility index (Phi) is 4.31. The van der Waals surface area contributed by atoms with Crippen LogP contribution in [-0.2, 0) is 0 Å². The van der Waals surface area contributed by atoms with Gasteiger partial charge in [0.1, 0.15) is 11.9 Å². The van der Waals surface area contributed by atoms with E-state index in [-0.39, 0.29) is 6.10 Å². The van der Waals surface area contributed by atoms with Crippen molar-refractivity contribution in [3.63, 3.8) is 0 Å². The molecular weight excluding hydrogens is 326 g/mol. The monoisotopic (exact) mass is 339 g/mol. The van der Waals surface area contributed by atoms with Crippen LogP contribution in [0.4, 0.5) is 0 Å². The molecule has 0 saturated carbocycles. The summed E-state index contributed by atoms with van der Waals surface area (Å²) in [5.41, 5.74) is 2.20. The van der Waals surface area contributed by atoms with Gasteiger partial charge in [-0.2, -0.15) is 0 Å². The zero-order valence-electron chi connectivity index (χ0n) is 11.3. The van der Waals surface area contributed by atoms with Gasteiger partial charge in [-0.05, 0) is 47.5 Å². The lowest BCUT2D eigenvalue weighted by Gasteiger charge is -2.20. The first-order chi connectivity index (χ1) is 10.3. The van der Waals surface area contributed by atoms with Crippen molar-refractivity contribution in [3.8, 4) is 5.75 Å². The van der Waals surface area contributed by atoms with Crippen LogP contribution >= 0.6 is 15.9 Å². The molecule has 3 heteroatoms. The number of rotatable bonds is 4. The zero-order chi connectivity index (χ0) is 14.5. The van der Waals surface area contributed by atoms with E-state index in [2.05, 4.69) is 33.0 Å². The fraction of sp³-hybridized carbons (Fsp3) is 0.0556. The maximum Gasteiger partial charge on any atom is 0.149 e. The summed E-state index contributed by atoms with van der Waals surface area (Å²) in [6.45, 7) is 0. The Labute approximate surface area is 132 Å². The lowest BCUT2D eigenvalue weighted by molar-refractivity contribution is 0.247. The number of ether oxygens (including phenoxy) is 1. The van der Waals surface area contributed by atoms with E-state index in [0.29, 0.717) is 0 Å². The third-order valence-corrected chi connectivity index (χ3v) is 3.71. The van der Waals surface area contributed by atoms with Crippen molar-refractivity contribution in [3.05, 3.63) is 94.7 Å². The van der Waals surface area contributed by atoms with Crippen molar-refractivity contribution >= 4 is 15.9 Å². The van der Waals surface area contributed by atoms with E-state index in [1.54, 1.807) is 12.4 Å². The molecule has 0 saturated heterocycles. The predicted molar refractivity (Wildman–Crippen MR) is 87.3 cm³/mol. The quantitative estimate of drug-likeness (QED) is 0.666. The largest absolute Gasteiger partial charge is 0.481 e. The van der Waals surface area contributed by atoms with Crippen LogP contribution in [-0.4, -0.2) is 4.98 Å². The molecule has 3 rings (SSSR count). The number of nitrogens with zero attached hydrogens (tertiary/aromatic N) is 1. The molecular formula is C18H14BrNO. The molecule has 1 aromatic heterocycles. The number of benzene rings is 2. The van der Waals surface area contributed by atoms with E-state index < -0.39 is 0 Å². The molecule has 0 aliphatic rings. The third-order valence-electron chi connectivity index (χ3n) is 3.18. The molecule has 1 atom stereocenters. The van der Waals surface area contributed by atoms with E-state index in [9.17, 15) is 0 Å². The topological polar surface area (TPSA) is 22.1 Å². The number of halogens is 1. The summed E-state index contributed by atoms with van der Waals surface area (Å²) in [6.07, 6.45) is 3.43. The highest BCUT2D eigenvalue weighted by molar-refractivity contribution is 9.10. The Bertz CT molecular complexity index is 644. The normalized spacial score (nSPS) is 11.9. The molecule has 104 valence electrons. The van der Waals surface area contributed by atoms with Gasteiger partial charge in [0.05, 0.1) is 0 Å². The van der Waals surface area contributed by atoms with Crippen LogP contribution in [0.2, 0.25) is 0 Å². The van der Waals surface area contributed by atoms with Gasteiger partial charge in [-0.15, -0.1) is 0 Å². The summed E-state index contributed by atoms with van der Waals surface area (Å²) in [5, 5.41) is 0. The van der Waals surface area contributed by atoms with Crippen LogP contribution < -0.4 is 4.74 Å². The van der Waals surface area contributed by atoms with Gasteiger partial charge in [-0.25, -0.2) is 0 Å². The summed E-state index contributed by atoms with van der Waals surface area (Å²) in [6, 6.07) is 22.0. The predicted octanol–water partition coefficient (Wildman–Crippen LogP) is 5.01. The molecule has 3 aromatic rings. The maximum absolute atomic E-state index is 6.19. The van der Waals surface area contributed by atoms with E-state index in [0.717, 1.165) is 21.3 Å². The van der Waals surface area contributed by atoms with Gasteiger partial charge < -0.3 is 4.74 Å². The molecule has 1 heterocycles. The highest BCUT2D eigenvalue weighted by Crippen LogP contribution is 2.28. The molecule has 0 aliphatic carbocycles. The summed E-state index contributed by atoms with van der Waals surface area (Å²) in [5.74, 6) is 0.837. The van der Waals surface area contributed by atoms with Gasteiger partial charge in [-0.1, -0.05) is 46.3 Å². The van der Waals surface area contributed by atoms with Gasteiger partial charge in [0.25, 0.3) is 0 Å². The van der Waals surface area contributed by atoms with Crippen molar-refractivity contribution < 1.29 is 4.74 Å². The van der Waals surface area contributed by atoms with Crippen LogP contribution in [0.15, 0.2) is 83.6 Å². The second kappa shape index (κ2) is 6.55. The van der Waals surface area contributed by atoms with E-state index in [1.165, 1.54) is 0 Å². The molecule has 2 aromatic carbocycles. The Hall–Kier alpha value is -2.13. The number of hydrogen-bond donors (Lipinski definition) is 0. The Morgan fingerprint density at radius 2 is 1.38 bits per heavy atom. The van der Waals surface area contributed by atoms with Crippen LogP contribution in [0.1, 0.15) is 17.2 Å². The Balaban J connectivity index is 1.95. The maximum atomic E-state index is 6.19. The molecule has 0 fully saturated rings. The van der Waals surface area contributed by atoms with E-state index in [1.807, 2.05) is 54.6 Å². The fourth-order valence-electron chi connectivity index (χ4n) is 2.14. The van der Waals surface area contributed by atoms with Gasteiger partial charge >= 0.3 is 0 Å². The zero-order valence-corrected chi connectivity index (χ0v) is 12.9. The van der Waals surface area contributed by atoms with Crippen LogP contribution in [0, 0.1) is 0 Å². The van der Waals surface area contributed by atoms with Crippen molar-refractivity contribution in [1.29, 1.82) is 0 Å². The first-order valence-corrected chi connectivity index (χ1v) is 7.49. The van der Waals surface area contributed by atoms with Crippen LogP contribution in [0.25, 0.3) is 0 Å². The average molecular weight is 340 g/mol.